The molecule has 0 N–H and O–H groups in total. The minimum Gasteiger partial charge on any atom is -0.383 e. The second-order valence-electron chi connectivity index (χ2n) is 2.71. The lowest BCUT2D eigenvalue weighted by molar-refractivity contribution is 0.181. The van der Waals surface area contributed by atoms with Crippen molar-refractivity contribution in [3.05, 3.63) is 28.2 Å². The number of aromatic nitrogens is 2. The van der Waals surface area contributed by atoms with E-state index < -0.39 is 0 Å². The molecule has 0 unspecified atom stereocenters. The van der Waals surface area contributed by atoms with Crippen LogP contribution < -0.4 is 5.56 Å². The Kier molecular flexibility index (Phi) is 3.83. The molecule has 1 aromatic heterocycles. The van der Waals surface area contributed by atoms with E-state index in [4.69, 9.17) is 10.00 Å². The average molecular weight is 193 g/mol. The number of methoxy groups -OCH3 is 1. The molecule has 5 nitrogen and oxygen atoms in total. The van der Waals surface area contributed by atoms with Crippen LogP contribution in [0.2, 0.25) is 0 Å². The van der Waals surface area contributed by atoms with Gasteiger partial charge in [-0.3, -0.25) is 4.79 Å². The standard InChI is InChI=1S/C9H11N3O2/c1-14-7-6-12-9(13)3-2-8(11-12)4-5-10/h2-3H,4,6-7H2,1H3. The van der Waals surface area contributed by atoms with Gasteiger partial charge in [-0.1, -0.05) is 0 Å². The van der Waals surface area contributed by atoms with Crippen molar-refractivity contribution in [1.82, 2.24) is 9.78 Å². The second-order valence-corrected chi connectivity index (χ2v) is 2.71. The summed E-state index contributed by atoms with van der Waals surface area (Å²) in [7, 11) is 1.56. The van der Waals surface area contributed by atoms with E-state index in [1.54, 1.807) is 13.2 Å². The number of rotatable bonds is 4. The van der Waals surface area contributed by atoms with Gasteiger partial charge in [0.15, 0.2) is 0 Å². The minimum atomic E-state index is -0.177. The SMILES string of the molecule is COCCn1nc(CC#N)ccc1=O. The van der Waals surface area contributed by atoms with Crippen LogP contribution in [-0.2, 0) is 17.7 Å². The Morgan fingerprint density at radius 3 is 3.07 bits per heavy atom. The molecular weight excluding hydrogens is 182 g/mol. The molecule has 0 amide bonds. The monoisotopic (exact) mass is 193 g/mol. The molecule has 0 aliphatic rings. The normalized spacial score (nSPS) is 9.71. The minimum absolute atomic E-state index is 0.177. The first-order valence-corrected chi connectivity index (χ1v) is 4.21. The summed E-state index contributed by atoms with van der Waals surface area (Å²) < 4.78 is 6.14. The fourth-order valence-electron chi connectivity index (χ4n) is 1.00. The van der Waals surface area contributed by atoms with Crippen LogP contribution in [0.15, 0.2) is 16.9 Å². The van der Waals surface area contributed by atoms with Gasteiger partial charge in [0.2, 0.25) is 0 Å². The van der Waals surface area contributed by atoms with E-state index in [0.717, 1.165) is 0 Å². The van der Waals surface area contributed by atoms with Crippen LogP contribution in [0, 0.1) is 11.3 Å². The van der Waals surface area contributed by atoms with E-state index in [0.29, 0.717) is 18.8 Å². The van der Waals surface area contributed by atoms with Crippen LogP contribution >= 0.6 is 0 Å². The predicted molar refractivity (Wildman–Crippen MR) is 49.7 cm³/mol. The number of ether oxygens (including phenoxy) is 1. The van der Waals surface area contributed by atoms with Crippen LogP contribution in [0.25, 0.3) is 0 Å². The van der Waals surface area contributed by atoms with Crippen molar-refractivity contribution in [2.75, 3.05) is 13.7 Å². The first kappa shape index (κ1) is 10.4. The largest absolute Gasteiger partial charge is 0.383 e. The summed E-state index contributed by atoms with van der Waals surface area (Å²) in [4.78, 5) is 11.2. The molecule has 1 heterocycles. The molecule has 0 atom stereocenters. The Balaban J connectivity index is 2.86. The molecule has 0 spiro atoms. The fourth-order valence-corrected chi connectivity index (χ4v) is 1.00. The third-order valence-electron chi connectivity index (χ3n) is 1.69. The number of nitriles is 1. The highest BCUT2D eigenvalue weighted by Gasteiger charge is 1.99. The van der Waals surface area contributed by atoms with Crippen molar-refractivity contribution < 1.29 is 4.74 Å². The van der Waals surface area contributed by atoms with Gasteiger partial charge in [0, 0.05) is 13.2 Å². The highest BCUT2D eigenvalue weighted by atomic mass is 16.5. The molecule has 1 aromatic rings. The molecule has 0 saturated heterocycles. The van der Waals surface area contributed by atoms with Crippen LogP contribution in [0.5, 0.6) is 0 Å². The molecule has 0 saturated carbocycles. The summed E-state index contributed by atoms with van der Waals surface area (Å²) in [6.45, 7) is 0.845. The molecule has 0 aromatic carbocycles. The lowest BCUT2D eigenvalue weighted by Gasteiger charge is -2.03. The molecule has 14 heavy (non-hydrogen) atoms. The van der Waals surface area contributed by atoms with E-state index in [9.17, 15) is 4.79 Å². The molecule has 5 heteroatoms. The molecule has 0 aliphatic carbocycles. The Bertz CT molecular complexity index is 392. The summed E-state index contributed by atoms with van der Waals surface area (Å²) in [5, 5.41) is 12.5. The van der Waals surface area contributed by atoms with Crippen LogP contribution in [0.1, 0.15) is 5.69 Å². The summed E-state index contributed by atoms with van der Waals surface area (Å²) >= 11 is 0. The van der Waals surface area contributed by atoms with Crippen molar-refractivity contribution in [3.63, 3.8) is 0 Å². The quantitative estimate of drug-likeness (QED) is 0.672. The average Bonchev–Trinajstić information content (AvgIpc) is 2.19. The van der Waals surface area contributed by atoms with Crippen molar-refractivity contribution in [1.29, 1.82) is 5.26 Å². The lowest BCUT2D eigenvalue weighted by atomic mass is 10.3. The summed E-state index contributed by atoms with van der Waals surface area (Å²) in [5.74, 6) is 0. The molecule has 0 radical (unpaired) electrons. The van der Waals surface area contributed by atoms with E-state index in [2.05, 4.69) is 5.10 Å². The van der Waals surface area contributed by atoms with Crippen molar-refractivity contribution in [2.45, 2.75) is 13.0 Å². The van der Waals surface area contributed by atoms with Gasteiger partial charge in [-0.2, -0.15) is 10.4 Å². The Morgan fingerprint density at radius 1 is 1.64 bits per heavy atom. The molecule has 0 aliphatic heterocycles. The molecule has 1 rings (SSSR count). The summed E-state index contributed by atoms with van der Waals surface area (Å²) in [6, 6.07) is 4.95. The highest BCUT2D eigenvalue weighted by Crippen LogP contribution is 1.90. The van der Waals surface area contributed by atoms with Crippen molar-refractivity contribution in [2.24, 2.45) is 0 Å². The third-order valence-corrected chi connectivity index (χ3v) is 1.69. The van der Waals surface area contributed by atoms with Crippen LogP contribution in [0.4, 0.5) is 0 Å². The smallest absolute Gasteiger partial charge is 0.266 e. The zero-order valence-electron chi connectivity index (χ0n) is 7.93. The van der Waals surface area contributed by atoms with Crippen LogP contribution in [-0.4, -0.2) is 23.5 Å². The maximum atomic E-state index is 11.2. The number of hydrogen-bond donors (Lipinski definition) is 0. The van der Waals surface area contributed by atoms with E-state index in [1.807, 2.05) is 6.07 Å². The third kappa shape index (κ3) is 2.68. The maximum absolute atomic E-state index is 11.2. The van der Waals surface area contributed by atoms with Crippen LogP contribution in [0.3, 0.4) is 0 Å². The van der Waals surface area contributed by atoms with Gasteiger partial charge in [-0.05, 0) is 6.07 Å². The van der Waals surface area contributed by atoms with Gasteiger partial charge < -0.3 is 4.74 Å². The topological polar surface area (TPSA) is 67.9 Å². The Labute approximate surface area is 81.5 Å². The predicted octanol–water partition coefficient (Wildman–Crippen LogP) is -0.0442. The van der Waals surface area contributed by atoms with E-state index >= 15 is 0 Å². The molecule has 0 bridgehead atoms. The summed E-state index contributed by atoms with van der Waals surface area (Å²) in [5.41, 5.74) is 0.423. The summed E-state index contributed by atoms with van der Waals surface area (Å²) in [6.07, 6.45) is 0.216. The molecular formula is C9H11N3O2. The molecule has 0 fully saturated rings. The lowest BCUT2D eigenvalue weighted by Crippen LogP contribution is -2.24. The second kappa shape index (κ2) is 5.14. The maximum Gasteiger partial charge on any atom is 0.266 e. The van der Waals surface area contributed by atoms with Gasteiger partial charge in [0.1, 0.15) is 0 Å². The zero-order chi connectivity index (χ0) is 10.4. The number of hydrogen-bond acceptors (Lipinski definition) is 4. The van der Waals surface area contributed by atoms with Crippen molar-refractivity contribution >= 4 is 0 Å². The zero-order valence-corrected chi connectivity index (χ0v) is 7.93. The first-order valence-electron chi connectivity index (χ1n) is 4.21. The van der Waals surface area contributed by atoms with Gasteiger partial charge in [0.25, 0.3) is 5.56 Å². The Hall–Kier alpha value is -1.67. The molecule has 74 valence electrons. The van der Waals surface area contributed by atoms with E-state index in [1.165, 1.54) is 10.7 Å². The first-order chi connectivity index (χ1) is 6.77. The Morgan fingerprint density at radius 2 is 2.43 bits per heavy atom. The van der Waals surface area contributed by atoms with E-state index in [-0.39, 0.29) is 12.0 Å². The van der Waals surface area contributed by atoms with Gasteiger partial charge in [0.05, 0.1) is 31.3 Å². The number of nitrogens with zero attached hydrogens (tertiary/aromatic N) is 3. The fraction of sp³-hybridized carbons (Fsp3) is 0.444. The van der Waals surface area contributed by atoms with Gasteiger partial charge in [-0.15, -0.1) is 0 Å². The highest BCUT2D eigenvalue weighted by molar-refractivity contribution is 5.05. The van der Waals surface area contributed by atoms with Crippen molar-refractivity contribution in [3.8, 4) is 6.07 Å². The van der Waals surface area contributed by atoms with Gasteiger partial charge in [-0.25, -0.2) is 4.68 Å². The van der Waals surface area contributed by atoms with Gasteiger partial charge >= 0.3 is 0 Å².